The minimum Gasteiger partial charge on any atom is -0.394 e. The van der Waals surface area contributed by atoms with Gasteiger partial charge in [-0.05, 0) is 74.6 Å². The number of fused-ring (bicyclic) bond motifs is 1. The van der Waals surface area contributed by atoms with Crippen LogP contribution in [0.2, 0.25) is 5.02 Å². The lowest BCUT2D eigenvalue weighted by Gasteiger charge is -2.52. The Hall–Kier alpha value is -1.96. The van der Waals surface area contributed by atoms with Crippen LogP contribution >= 0.6 is 11.6 Å². The van der Waals surface area contributed by atoms with Crippen LogP contribution in [0.15, 0.2) is 35.2 Å². The van der Waals surface area contributed by atoms with Gasteiger partial charge in [-0.3, -0.25) is 4.21 Å². The number of aliphatic hydroxyl groups excluding tert-OH is 1. The Morgan fingerprint density at radius 2 is 1.88 bits per heavy atom. The maximum atomic E-state index is 12.9. The number of hydrogen-bond acceptors (Lipinski definition) is 6. The van der Waals surface area contributed by atoms with Crippen molar-refractivity contribution in [1.82, 2.24) is 9.97 Å². The van der Waals surface area contributed by atoms with Gasteiger partial charge < -0.3 is 15.3 Å². The smallest absolute Gasteiger partial charge is 0.227 e. The summed E-state index contributed by atoms with van der Waals surface area (Å²) in [7, 11) is -1.09. The highest BCUT2D eigenvalue weighted by molar-refractivity contribution is 7.85. The summed E-state index contributed by atoms with van der Waals surface area (Å²) in [5.41, 5.74) is 3.55. The summed E-state index contributed by atoms with van der Waals surface area (Å²) >= 11 is 6.05. The highest BCUT2D eigenvalue weighted by Crippen LogP contribution is 2.47. The number of allylic oxidation sites excluding steroid dienone is 2. The van der Waals surface area contributed by atoms with Crippen molar-refractivity contribution in [3.63, 3.8) is 0 Å². The highest BCUT2D eigenvalue weighted by atomic mass is 35.5. The standard InChI is InChI=1S/C26H31ClN4O2S/c27-20-6-4-18(5-7-20)19-8-12-25(13-9-19)15-31(16-25)24-28-21-3-1-14-34(33)22(21)23(29-24)30-26(17-32)10-2-11-26/h4-8,32H,1-3,9-17H2,(H,28,29,30)/t34-/m0/s1. The molecule has 2 fully saturated rings. The van der Waals surface area contributed by atoms with Crippen molar-refractivity contribution in [2.24, 2.45) is 5.41 Å². The molecule has 0 radical (unpaired) electrons. The molecule has 1 spiro atoms. The molecule has 1 aromatic carbocycles. The van der Waals surface area contributed by atoms with E-state index in [-0.39, 0.29) is 17.6 Å². The lowest BCUT2D eigenvalue weighted by Crippen LogP contribution is -2.57. The van der Waals surface area contributed by atoms with Crippen LogP contribution in [0.4, 0.5) is 11.8 Å². The zero-order valence-corrected chi connectivity index (χ0v) is 20.9. The van der Waals surface area contributed by atoms with Crippen molar-refractivity contribution in [3.8, 4) is 0 Å². The van der Waals surface area contributed by atoms with Gasteiger partial charge in [0.25, 0.3) is 0 Å². The van der Waals surface area contributed by atoms with Gasteiger partial charge >= 0.3 is 0 Å². The topological polar surface area (TPSA) is 78.4 Å². The molecule has 1 saturated carbocycles. The van der Waals surface area contributed by atoms with Crippen molar-refractivity contribution in [2.45, 2.75) is 61.8 Å². The summed E-state index contributed by atoms with van der Waals surface area (Å²) in [6, 6.07) is 8.15. The van der Waals surface area contributed by atoms with E-state index in [2.05, 4.69) is 28.4 Å². The van der Waals surface area contributed by atoms with Gasteiger partial charge in [0.05, 0.1) is 28.6 Å². The third kappa shape index (κ3) is 3.95. The normalized spacial score (nSPS) is 24.6. The number of halogens is 1. The predicted octanol–water partition coefficient (Wildman–Crippen LogP) is 4.58. The van der Waals surface area contributed by atoms with Gasteiger partial charge in [0.2, 0.25) is 5.95 Å². The highest BCUT2D eigenvalue weighted by Gasteiger charge is 2.45. The maximum absolute atomic E-state index is 12.9. The average Bonchev–Trinajstić information content (AvgIpc) is 2.80. The van der Waals surface area contributed by atoms with Crippen molar-refractivity contribution < 1.29 is 9.32 Å². The molecule has 3 heterocycles. The zero-order chi connectivity index (χ0) is 23.3. The molecule has 1 saturated heterocycles. The molecule has 34 heavy (non-hydrogen) atoms. The number of benzene rings is 1. The van der Waals surface area contributed by atoms with Crippen molar-refractivity contribution in [3.05, 3.63) is 46.6 Å². The molecule has 2 aliphatic heterocycles. The first-order valence-corrected chi connectivity index (χ1v) is 14.1. The van der Waals surface area contributed by atoms with Crippen molar-refractivity contribution in [1.29, 1.82) is 0 Å². The summed E-state index contributed by atoms with van der Waals surface area (Å²) in [6.45, 7) is 1.97. The zero-order valence-electron chi connectivity index (χ0n) is 19.4. The SMILES string of the molecule is O=[S@]1CCCc2nc(N3CC4(CC=C(c5ccc(Cl)cc5)CC4)C3)nc(NC3(CO)CCC3)c21. The van der Waals surface area contributed by atoms with Crippen LogP contribution in [-0.4, -0.2) is 50.3 Å². The van der Waals surface area contributed by atoms with E-state index < -0.39 is 10.8 Å². The Labute approximate surface area is 208 Å². The Morgan fingerprint density at radius 3 is 2.53 bits per heavy atom. The molecule has 2 aliphatic carbocycles. The first kappa shape index (κ1) is 22.5. The lowest BCUT2D eigenvalue weighted by molar-refractivity contribution is 0.143. The van der Waals surface area contributed by atoms with E-state index in [4.69, 9.17) is 21.6 Å². The number of nitrogens with zero attached hydrogens (tertiary/aromatic N) is 3. The largest absolute Gasteiger partial charge is 0.394 e. The Balaban J connectivity index is 1.21. The Kier molecular flexibility index (Phi) is 5.70. The van der Waals surface area contributed by atoms with E-state index in [1.165, 1.54) is 11.1 Å². The van der Waals surface area contributed by atoms with E-state index in [1.54, 1.807) is 0 Å². The number of rotatable bonds is 5. The molecule has 0 bridgehead atoms. The molecule has 1 aromatic heterocycles. The summed E-state index contributed by atoms with van der Waals surface area (Å²) < 4.78 is 12.9. The molecule has 6 rings (SSSR count). The van der Waals surface area contributed by atoms with Crippen molar-refractivity contribution in [2.75, 3.05) is 35.7 Å². The first-order chi connectivity index (χ1) is 16.5. The second-order valence-electron chi connectivity index (χ2n) is 10.5. The number of nitrogens with one attached hydrogen (secondary N) is 1. The molecule has 2 aromatic rings. The number of aliphatic hydroxyl groups is 1. The summed E-state index contributed by atoms with van der Waals surface area (Å²) in [4.78, 5) is 12.8. The van der Waals surface area contributed by atoms with Gasteiger partial charge in [0.1, 0.15) is 10.7 Å². The van der Waals surface area contributed by atoms with Gasteiger partial charge in [-0.2, -0.15) is 4.98 Å². The number of aromatic nitrogens is 2. The van der Waals surface area contributed by atoms with Crippen LogP contribution < -0.4 is 10.2 Å². The van der Waals surface area contributed by atoms with Crippen LogP contribution in [-0.2, 0) is 17.2 Å². The minimum atomic E-state index is -1.09. The Morgan fingerprint density at radius 1 is 1.09 bits per heavy atom. The first-order valence-electron chi connectivity index (χ1n) is 12.4. The van der Waals surface area contributed by atoms with E-state index >= 15 is 0 Å². The van der Waals surface area contributed by atoms with Crippen LogP contribution in [0.3, 0.4) is 0 Å². The molecule has 180 valence electrons. The molecule has 6 nitrogen and oxygen atoms in total. The molecule has 2 N–H and O–H groups in total. The van der Waals surface area contributed by atoms with E-state index in [0.717, 1.165) is 86.0 Å². The molecule has 0 amide bonds. The third-order valence-corrected chi connectivity index (χ3v) is 9.94. The molecule has 0 unspecified atom stereocenters. The van der Waals surface area contributed by atoms with Crippen LogP contribution in [0, 0.1) is 5.41 Å². The fourth-order valence-corrected chi connectivity index (χ4v) is 7.29. The number of hydrogen-bond donors (Lipinski definition) is 2. The maximum Gasteiger partial charge on any atom is 0.227 e. The molecule has 8 heteroatoms. The second kappa shape index (κ2) is 8.61. The van der Waals surface area contributed by atoms with E-state index in [1.807, 2.05) is 12.1 Å². The Bertz CT molecular complexity index is 1150. The van der Waals surface area contributed by atoms with Gasteiger partial charge in [0.15, 0.2) is 0 Å². The second-order valence-corrected chi connectivity index (χ2v) is 12.5. The van der Waals surface area contributed by atoms with Gasteiger partial charge in [-0.25, -0.2) is 4.98 Å². The minimum absolute atomic E-state index is 0.0723. The van der Waals surface area contributed by atoms with Gasteiger partial charge in [-0.15, -0.1) is 0 Å². The van der Waals surface area contributed by atoms with Crippen LogP contribution in [0.5, 0.6) is 0 Å². The fourth-order valence-electron chi connectivity index (χ4n) is 5.83. The predicted molar refractivity (Wildman–Crippen MR) is 137 cm³/mol. The lowest BCUT2D eigenvalue weighted by atomic mass is 9.69. The van der Waals surface area contributed by atoms with Crippen LogP contribution in [0.1, 0.15) is 56.2 Å². The molecular weight excluding hydrogens is 468 g/mol. The number of aryl methyl sites for hydroxylation is 1. The summed E-state index contributed by atoms with van der Waals surface area (Å²) in [6.07, 6.45) is 10.4. The van der Waals surface area contributed by atoms with Gasteiger partial charge in [0, 0.05) is 29.3 Å². The monoisotopic (exact) mass is 498 g/mol. The van der Waals surface area contributed by atoms with E-state index in [0.29, 0.717) is 11.6 Å². The summed E-state index contributed by atoms with van der Waals surface area (Å²) in [5, 5.41) is 14.3. The molecule has 4 aliphatic rings. The molecule has 1 atom stereocenters. The fraction of sp³-hybridized carbons (Fsp3) is 0.538. The van der Waals surface area contributed by atoms with Crippen LogP contribution in [0.25, 0.3) is 5.57 Å². The quantitative estimate of drug-likeness (QED) is 0.628. The number of anilines is 2. The van der Waals surface area contributed by atoms with E-state index in [9.17, 15) is 9.32 Å². The third-order valence-electron chi connectivity index (χ3n) is 8.15. The van der Waals surface area contributed by atoms with Crippen molar-refractivity contribution >= 4 is 39.7 Å². The summed E-state index contributed by atoms with van der Waals surface area (Å²) in [5.74, 6) is 2.08. The average molecular weight is 499 g/mol. The molecular formula is C26H31ClN4O2S. The van der Waals surface area contributed by atoms with Gasteiger partial charge in [-0.1, -0.05) is 29.8 Å².